The highest BCUT2D eigenvalue weighted by atomic mass is 16.5. The summed E-state index contributed by atoms with van der Waals surface area (Å²) in [6.45, 7) is 1.99. The molecule has 0 aliphatic carbocycles. The van der Waals surface area contributed by atoms with Gasteiger partial charge in [0, 0.05) is 25.7 Å². The summed E-state index contributed by atoms with van der Waals surface area (Å²) in [6, 6.07) is 3.62. The smallest absolute Gasteiger partial charge is 0.217 e. The number of nitrogens with one attached hydrogen (secondary N) is 1. The Balaban J connectivity index is 2.54. The average molecular weight is 180 g/mol. The monoisotopic (exact) mass is 180 g/mol. The third kappa shape index (κ3) is 3.11. The van der Waals surface area contributed by atoms with Crippen LogP contribution in [0.3, 0.4) is 0 Å². The molecule has 1 heterocycles. The van der Waals surface area contributed by atoms with E-state index in [0.717, 1.165) is 5.56 Å². The molecule has 0 bridgehead atoms. The Kier molecular flexibility index (Phi) is 3.25. The number of hydrogen-bond donors (Lipinski definition) is 1. The number of carbonyl (C=O) groups excluding carboxylic acids is 1. The summed E-state index contributed by atoms with van der Waals surface area (Å²) in [4.78, 5) is 14.6. The molecule has 0 spiro atoms. The summed E-state index contributed by atoms with van der Waals surface area (Å²) >= 11 is 0. The standard InChI is InChI=1S/C9H12N2O2/c1-7(12)10-5-8-3-4-9(13-2)11-6-8/h3-4,6H,5H2,1-2H3,(H,10,12). The van der Waals surface area contributed by atoms with Gasteiger partial charge in [0.05, 0.1) is 7.11 Å². The predicted octanol–water partition coefficient (Wildman–Crippen LogP) is 0.726. The SMILES string of the molecule is COc1ccc(CNC(C)=O)cn1. The lowest BCUT2D eigenvalue weighted by atomic mass is 10.3. The lowest BCUT2D eigenvalue weighted by Gasteiger charge is -2.02. The topological polar surface area (TPSA) is 51.2 Å². The molecule has 1 rings (SSSR count). The van der Waals surface area contributed by atoms with Crippen molar-refractivity contribution in [2.45, 2.75) is 13.5 Å². The molecule has 0 unspecified atom stereocenters. The van der Waals surface area contributed by atoms with Gasteiger partial charge in [-0.05, 0) is 5.56 Å². The lowest BCUT2D eigenvalue weighted by Crippen LogP contribution is -2.18. The summed E-state index contributed by atoms with van der Waals surface area (Å²) < 4.78 is 4.90. The van der Waals surface area contributed by atoms with Gasteiger partial charge >= 0.3 is 0 Å². The number of methoxy groups -OCH3 is 1. The summed E-state index contributed by atoms with van der Waals surface area (Å²) in [5.74, 6) is 0.530. The highest BCUT2D eigenvalue weighted by Gasteiger charge is 1.95. The van der Waals surface area contributed by atoms with Gasteiger partial charge in [0.25, 0.3) is 0 Å². The second-order valence-corrected chi connectivity index (χ2v) is 2.62. The summed E-state index contributed by atoms with van der Waals surface area (Å²) in [5, 5.41) is 2.68. The Hall–Kier alpha value is -1.58. The number of hydrogen-bond acceptors (Lipinski definition) is 3. The zero-order valence-electron chi connectivity index (χ0n) is 7.70. The van der Waals surface area contributed by atoms with Crippen molar-refractivity contribution in [1.82, 2.24) is 10.3 Å². The summed E-state index contributed by atoms with van der Waals surface area (Å²) in [7, 11) is 1.57. The molecule has 0 fully saturated rings. The molecule has 0 aromatic carbocycles. The Morgan fingerprint density at radius 3 is 2.85 bits per heavy atom. The van der Waals surface area contributed by atoms with Crippen molar-refractivity contribution in [3.8, 4) is 5.88 Å². The van der Waals surface area contributed by atoms with E-state index in [1.807, 2.05) is 6.07 Å². The maximum absolute atomic E-state index is 10.6. The first kappa shape index (κ1) is 9.51. The molecule has 1 aromatic rings. The third-order valence-electron chi connectivity index (χ3n) is 1.55. The molecular formula is C9H12N2O2. The number of amides is 1. The Bertz CT molecular complexity index is 282. The second kappa shape index (κ2) is 4.45. The maximum atomic E-state index is 10.6. The van der Waals surface area contributed by atoms with Crippen LogP contribution in [0.1, 0.15) is 12.5 Å². The van der Waals surface area contributed by atoms with Gasteiger partial charge in [-0.25, -0.2) is 4.98 Å². The molecule has 4 heteroatoms. The van der Waals surface area contributed by atoms with Crippen LogP contribution >= 0.6 is 0 Å². The van der Waals surface area contributed by atoms with Gasteiger partial charge in [-0.1, -0.05) is 6.07 Å². The van der Waals surface area contributed by atoms with Gasteiger partial charge < -0.3 is 10.1 Å². The van der Waals surface area contributed by atoms with Crippen LogP contribution in [-0.4, -0.2) is 18.0 Å². The minimum Gasteiger partial charge on any atom is -0.481 e. The van der Waals surface area contributed by atoms with Crippen LogP contribution in [0.15, 0.2) is 18.3 Å². The Labute approximate surface area is 76.9 Å². The van der Waals surface area contributed by atoms with E-state index in [1.165, 1.54) is 6.92 Å². The minimum atomic E-state index is -0.0455. The van der Waals surface area contributed by atoms with Crippen LogP contribution in [0.4, 0.5) is 0 Å². The van der Waals surface area contributed by atoms with E-state index in [0.29, 0.717) is 12.4 Å². The van der Waals surface area contributed by atoms with Gasteiger partial charge in [-0.3, -0.25) is 4.79 Å². The first-order valence-electron chi connectivity index (χ1n) is 3.95. The van der Waals surface area contributed by atoms with E-state index in [-0.39, 0.29) is 5.91 Å². The van der Waals surface area contributed by atoms with Gasteiger partial charge in [-0.15, -0.1) is 0 Å². The van der Waals surface area contributed by atoms with Gasteiger partial charge in [0.1, 0.15) is 0 Å². The van der Waals surface area contributed by atoms with Gasteiger partial charge in [-0.2, -0.15) is 0 Å². The summed E-state index contributed by atoms with van der Waals surface area (Å²) in [5.41, 5.74) is 0.955. The van der Waals surface area contributed by atoms with E-state index in [1.54, 1.807) is 19.4 Å². The van der Waals surface area contributed by atoms with Crippen LogP contribution in [-0.2, 0) is 11.3 Å². The second-order valence-electron chi connectivity index (χ2n) is 2.62. The van der Waals surface area contributed by atoms with Crippen molar-refractivity contribution < 1.29 is 9.53 Å². The average Bonchev–Trinajstić information content (AvgIpc) is 2.15. The molecular weight excluding hydrogens is 168 g/mol. The van der Waals surface area contributed by atoms with Crippen molar-refractivity contribution in [3.05, 3.63) is 23.9 Å². The van der Waals surface area contributed by atoms with Crippen molar-refractivity contribution in [2.75, 3.05) is 7.11 Å². The molecule has 0 aliphatic heterocycles. The molecule has 0 saturated carbocycles. The maximum Gasteiger partial charge on any atom is 0.217 e. The first-order valence-corrected chi connectivity index (χ1v) is 3.95. The fourth-order valence-electron chi connectivity index (χ4n) is 0.863. The fraction of sp³-hybridized carbons (Fsp3) is 0.333. The van der Waals surface area contributed by atoms with Gasteiger partial charge in [0.2, 0.25) is 11.8 Å². The van der Waals surface area contributed by atoms with E-state index in [4.69, 9.17) is 4.74 Å². The number of carbonyl (C=O) groups is 1. The fourth-order valence-corrected chi connectivity index (χ4v) is 0.863. The van der Waals surface area contributed by atoms with Gasteiger partial charge in [0.15, 0.2) is 0 Å². The van der Waals surface area contributed by atoms with Crippen molar-refractivity contribution in [2.24, 2.45) is 0 Å². The highest BCUT2D eigenvalue weighted by molar-refractivity contribution is 5.72. The third-order valence-corrected chi connectivity index (χ3v) is 1.55. The number of rotatable bonds is 3. The number of ether oxygens (including phenoxy) is 1. The zero-order chi connectivity index (χ0) is 9.68. The molecule has 0 atom stereocenters. The van der Waals surface area contributed by atoms with Crippen LogP contribution < -0.4 is 10.1 Å². The van der Waals surface area contributed by atoms with Crippen LogP contribution in [0.5, 0.6) is 5.88 Å². The van der Waals surface area contributed by atoms with E-state index >= 15 is 0 Å². The highest BCUT2D eigenvalue weighted by Crippen LogP contribution is 2.05. The normalized spacial score (nSPS) is 9.38. The molecule has 1 aromatic heterocycles. The van der Waals surface area contributed by atoms with Crippen LogP contribution in [0.2, 0.25) is 0 Å². The zero-order valence-corrected chi connectivity index (χ0v) is 7.70. The molecule has 0 aliphatic rings. The Morgan fingerprint density at radius 1 is 1.62 bits per heavy atom. The molecule has 1 N–H and O–H groups in total. The van der Waals surface area contributed by atoms with E-state index in [2.05, 4.69) is 10.3 Å². The van der Waals surface area contributed by atoms with Crippen LogP contribution in [0.25, 0.3) is 0 Å². The molecule has 1 amide bonds. The van der Waals surface area contributed by atoms with Crippen molar-refractivity contribution >= 4 is 5.91 Å². The van der Waals surface area contributed by atoms with E-state index < -0.39 is 0 Å². The number of pyridine rings is 1. The molecule has 13 heavy (non-hydrogen) atoms. The minimum absolute atomic E-state index is 0.0455. The largest absolute Gasteiger partial charge is 0.481 e. The number of aromatic nitrogens is 1. The van der Waals surface area contributed by atoms with E-state index in [9.17, 15) is 4.79 Å². The molecule has 4 nitrogen and oxygen atoms in total. The lowest BCUT2D eigenvalue weighted by molar-refractivity contribution is -0.119. The Morgan fingerprint density at radius 2 is 2.38 bits per heavy atom. The number of nitrogens with zero attached hydrogens (tertiary/aromatic N) is 1. The van der Waals surface area contributed by atoms with Crippen LogP contribution in [0, 0.1) is 0 Å². The van der Waals surface area contributed by atoms with Crippen molar-refractivity contribution in [3.63, 3.8) is 0 Å². The predicted molar refractivity (Wildman–Crippen MR) is 48.3 cm³/mol. The van der Waals surface area contributed by atoms with Crippen molar-refractivity contribution in [1.29, 1.82) is 0 Å². The summed E-state index contributed by atoms with van der Waals surface area (Å²) in [6.07, 6.45) is 1.68. The molecule has 70 valence electrons. The quantitative estimate of drug-likeness (QED) is 0.745. The first-order chi connectivity index (χ1) is 6.22. The molecule has 0 saturated heterocycles. The molecule has 0 radical (unpaired) electrons.